The van der Waals surface area contributed by atoms with E-state index in [2.05, 4.69) is 10.6 Å². The van der Waals surface area contributed by atoms with E-state index >= 15 is 0 Å². The first-order chi connectivity index (χ1) is 9.58. The molecule has 0 aliphatic carbocycles. The summed E-state index contributed by atoms with van der Waals surface area (Å²) in [6.07, 6.45) is -1.44. The first-order valence-electron chi connectivity index (χ1n) is 6.31. The van der Waals surface area contributed by atoms with Gasteiger partial charge in [-0.05, 0) is 44.5 Å². The number of rotatable bonds is 4. The van der Waals surface area contributed by atoms with E-state index in [1.807, 2.05) is 20.8 Å². The third-order valence-electron chi connectivity index (χ3n) is 2.39. The molecule has 0 fully saturated rings. The summed E-state index contributed by atoms with van der Waals surface area (Å²) in [5.74, 6) is -1.04. The Morgan fingerprint density at radius 1 is 1.19 bits per heavy atom. The average Bonchev–Trinajstić information content (AvgIpc) is 2.31. The summed E-state index contributed by atoms with van der Waals surface area (Å²) in [7, 11) is 0. The van der Waals surface area contributed by atoms with Crippen molar-refractivity contribution >= 4 is 35.0 Å². The summed E-state index contributed by atoms with van der Waals surface area (Å²) < 4.78 is 0. The molecule has 0 saturated heterocycles. The second-order valence-electron chi connectivity index (χ2n) is 5.62. The van der Waals surface area contributed by atoms with E-state index in [1.165, 1.54) is 18.2 Å². The highest BCUT2D eigenvalue weighted by molar-refractivity contribution is 6.34. The van der Waals surface area contributed by atoms with Gasteiger partial charge in [-0.15, -0.1) is 0 Å². The van der Waals surface area contributed by atoms with E-state index in [-0.39, 0.29) is 23.6 Å². The molecule has 0 aliphatic rings. The molecular weight excluding hydrogens is 315 g/mol. The third-order valence-corrected chi connectivity index (χ3v) is 2.82. The molecule has 1 unspecified atom stereocenters. The number of benzene rings is 1. The zero-order valence-electron chi connectivity index (χ0n) is 12.0. The van der Waals surface area contributed by atoms with Crippen LogP contribution in [0.5, 0.6) is 0 Å². The number of aliphatic hydroxyl groups excluding tert-OH is 1. The minimum absolute atomic E-state index is 0.221. The van der Waals surface area contributed by atoms with Crippen molar-refractivity contribution < 1.29 is 14.7 Å². The van der Waals surface area contributed by atoms with Crippen molar-refractivity contribution in [2.45, 2.75) is 32.4 Å². The Morgan fingerprint density at radius 3 is 2.19 bits per heavy atom. The molecule has 0 heterocycles. The second-order valence-corrected chi connectivity index (χ2v) is 6.49. The van der Waals surface area contributed by atoms with Gasteiger partial charge in [-0.2, -0.15) is 0 Å². The van der Waals surface area contributed by atoms with Gasteiger partial charge in [0.15, 0.2) is 6.10 Å². The predicted molar refractivity (Wildman–Crippen MR) is 82.3 cm³/mol. The maximum atomic E-state index is 11.8. The number of hydrogen-bond donors (Lipinski definition) is 3. The van der Waals surface area contributed by atoms with Gasteiger partial charge >= 0.3 is 0 Å². The summed E-state index contributed by atoms with van der Waals surface area (Å²) in [5.41, 5.74) is -0.123. The molecule has 5 nitrogen and oxygen atoms in total. The standard InChI is InChI=1S/C14H18Cl2N2O3/c1-14(2,3)18-11(19)7-17-13(21)12(20)8-4-9(15)6-10(16)5-8/h4-6,12,20H,7H2,1-3H3,(H,17,21)(H,18,19). The maximum absolute atomic E-state index is 11.8. The number of carbonyl (C=O) groups excluding carboxylic acids is 2. The minimum atomic E-state index is -1.44. The fraction of sp³-hybridized carbons (Fsp3) is 0.429. The Labute approximate surface area is 133 Å². The van der Waals surface area contributed by atoms with Crippen molar-refractivity contribution in [1.29, 1.82) is 0 Å². The molecular formula is C14H18Cl2N2O3. The third kappa shape index (κ3) is 6.33. The van der Waals surface area contributed by atoms with Gasteiger partial charge < -0.3 is 15.7 Å². The summed E-state index contributed by atoms with van der Waals surface area (Å²) >= 11 is 11.6. The Kier molecular flexibility index (Phi) is 6.01. The first-order valence-corrected chi connectivity index (χ1v) is 7.07. The largest absolute Gasteiger partial charge is 0.378 e. The van der Waals surface area contributed by atoms with Gasteiger partial charge in [0, 0.05) is 15.6 Å². The Balaban J connectivity index is 2.61. The average molecular weight is 333 g/mol. The molecule has 1 rings (SSSR count). The van der Waals surface area contributed by atoms with E-state index in [4.69, 9.17) is 23.2 Å². The fourth-order valence-electron chi connectivity index (χ4n) is 1.61. The van der Waals surface area contributed by atoms with Crippen LogP contribution in [0.4, 0.5) is 0 Å². The molecule has 0 radical (unpaired) electrons. The highest BCUT2D eigenvalue weighted by atomic mass is 35.5. The van der Waals surface area contributed by atoms with Crippen LogP contribution in [0, 0.1) is 0 Å². The van der Waals surface area contributed by atoms with Crippen molar-refractivity contribution in [3.05, 3.63) is 33.8 Å². The molecule has 1 aromatic rings. The van der Waals surface area contributed by atoms with Crippen LogP contribution < -0.4 is 10.6 Å². The van der Waals surface area contributed by atoms with E-state index in [0.717, 1.165) is 0 Å². The lowest BCUT2D eigenvalue weighted by Crippen LogP contribution is -2.46. The summed E-state index contributed by atoms with van der Waals surface area (Å²) in [5, 5.41) is 15.6. The molecule has 0 aliphatic heterocycles. The quantitative estimate of drug-likeness (QED) is 0.789. The lowest BCUT2D eigenvalue weighted by molar-refractivity contribution is -0.132. The van der Waals surface area contributed by atoms with Crippen LogP contribution >= 0.6 is 23.2 Å². The van der Waals surface area contributed by atoms with Crippen LogP contribution in [0.1, 0.15) is 32.4 Å². The zero-order chi connectivity index (χ0) is 16.2. The van der Waals surface area contributed by atoms with Gasteiger partial charge in [-0.3, -0.25) is 9.59 Å². The zero-order valence-corrected chi connectivity index (χ0v) is 13.5. The number of nitrogens with one attached hydrogen (secondary N) is 2. The van der Waals surface area contributed by atoms with Gasteiger partial charge in [0.25, 0.3) is 5.91 Å². The Bertz CT molecular complexity index is 521. The molecule has 0 aromatic heterocycles. The van der Waals surface area contributed by atoms with Gasteiger partial charge in [-0.25, -0.2) is 0 Å². The lowest BCUT2D eigenvalue weighted by atomic mass is 10.1. The smallest absolute Gasteiger partial charge is 0.253 e. The topological polar surface area (TPSA) is 78.4 Å². The summed E-state index contributed by atoms with van der Waals surface area (Å²) in [4.78, 5) is 23.4. The van der Waals surface area contributed by atoms with Crippen molar-refractivity contribution in [1.82, 2.24) is 10.6 Å². The monoisotopic (exact) mass is 332 g/mol. The van der Waals surface area contributed by atoms with Gasteiger partial charge in [-0.1, -0.05) is 23.2 Å². The molecule has 21 heavy (non-hydrogen) atoms. The minimum Gasteiger partial charge on any atom is -0.378 e. The van der Waals surface area contributed by atoms with E-state index < -0.39 is 12.0 Å². The van der Waals surface area contributed by atoms with Gasteiger partial charge in [0.05, 0.1) is 6.54 Å². The number of hydrogen-bond acceptors (Lipinski definition) is 3. The molecule has 1 atom stereocenters. The van der Waals surface area contributed by atoms with Crippen LogP contribution in [-0.2, 0) is 9.59 Å². The predicted octanol–water partition coefficient (Wildman–Crippen LogP) is 2.06. The SMILES string of the molecule is CC(C)(C)NC(=O)CNC(=O)C(O)c1cc(Cl)cc(Cl)c1. The van der Waals surface area contributed by atoms with Gasteiger partial charge in [0.1, 0.15) is 0 Å². The molecule has 0 saturated carbocycles. The molecule has 0 bridgehead atoms. The van der Waals surface area contributed by atoms with E-state index in [0.29, 0.717) is 10.0 Å². The van der Waals surface area contributed by atoms with E-state index in [1.54, 1.807) is 0 Å². The van der Waals surface area contributed by atoms with Crippen molar-refractivity contribution in [3.63, 3.8) is 0 Å². The van der Waals surface area contributed by atoms with Crippen molar-refractivity contribution in [2.24, 2.45) is 0 Å². The first kappa shape index (κ1) is 17.8. The number of carbonyl (C=O) groups is 2. The Morgan fingerprint density at radius 2 is 1.71 bits per heavy atom. The molecule has 3 N–H and O–H groups in total. The molecule has 2 amide bonds. The van der Waals surface area contributed by atoms with Crippen LogP contribution in [-0.4, -0.2) is 29.0 Å². The summed E-state index contributed by atoms with van der Waals surface area (Å²) in [6, 6.07) is 4.37. The molecule has 1 aromatic carbocycles. The molecule has 7 heteroatoms. The fourth-order valence-corrected chi connectivity index (χ4v) is 2.15. The number of halogens is 2. The van der Waals surface area contributed by atoms with Gasteiger partial charge in [0.2, 0.25) is 5.91 Å². The number of aliphatic hydroxyl groups is 1. The maximum Gasteiger partial charge on any atom is 0.253 e. The molecule has 116 valence electrons. The second kappa shape index (κ2) is 7.11. The molecule has 0 spiro atoms. The van der Waals surface area contributed by atoms with Crippen LogP contribution in [0.2, 0.25) is 10.0 Å². The van der Waals surface area contributed by atoms with Crippen molar-refractivity contribution in [3.8, 4) is 0 Å². The Hall–Kier alpha value is -1.30. The normalized spacial score (nSPS) is 12.7. The number of amides is 2. The van der Waals surface area contributed by atoms with Crippen LogP contribution in [0.25, 0.3) is 0 Å². The highest BCUT2D eigenvalue weighted by Crippen LogP contribution is 2.23. The summed E-state index contributed by atoms with van der Waals surface area (Å²) in [6.45, 7) is 5.27. The van der Waals surface area contributed by atoms with Crippen molar-refractivity contribution in [2.75, 3.05) is 6.54 Å². The van der Waals surface area contributed by atoms with Crippen LogP contribution in [0.15, 0.2) is 18.2 Å². The van der Waals surface area contributed by atoms with Crippen LogP contribution in [0.3, 0.4) is 0 Å². The lowest BCUT2D eigenvalue weighted by Gasteiger charge is -2.21. The highest BCUT2D eigenvalue weighted by Gasteiger charge is 2.20. The van der Waals surface area contributed by atoms with E-state index in [9.17, 15) is 14.7 Å².